The summed E-state index contributed by atoms with van der Waals surface area (Å²) >= 11 is 0. The molecule has 3 nitrogen and oxygen atoms in total. The molecule has 1 amide bonds. The number of carbonyl (C=O) groups excluding carboxylic acids is 1. The van der Waals surface area contributed by atoms with Crippen LogP contribution in [0, 0.1) is 5.92 Å². The normalized spacial score (nSPS) is 20.4. The Morgan fingerprint density at radius 2 is 2.21 bits per heavy atom. The number of nitrogens with two attached hydrogens (primary N) is 1. The number of carbonyl (C=O) groups is 1. The van der Waals surface area contributed by atoms with Crippen molar-refractivity contribution in [2.45, 2.75) is 39.0 Å². The molecule has 1 aliphatic heterocycles. The minimum atomic E-state index is 0.330. The van der Waals surface area contributed by atoms with Crippen molar-refractivity contribution in [2.75, 3.05) is 18.8 Å². The van der Waals surface area contributed by atoms with Crippen LogP contribution in [0.15, 0.2) is 24.3 Å². The second kappa shape index (κ2) is 6.60. The highest BCUT2D eigenvalue weighted by Crippen LogP contribution is 2.18. The number of hydrogen-bond acceptors (Lipinski definition) is 2. The van der Waals surface area contributed by atoms with Gasteiger partial charge in [0.05, 0.1) is 0 Å². The molecule has 1 heterocycles. The van der Waals surface area contributed by atoms with E-state index in [-0.39, 0.29) is 0 Å². The lowest BCUT2D eigenvalue weighted by molar-refractivity contribution is -0.130. The van der Waals surface area contributed by atoms with Gasteiger partial charge in [-0.25, -0.2) is 0 Å². The van der Waals surface area contributed by atoms with E-state index in [2.05, 4.69) is 13.0 Å². The highest BCUT2D eigenvalue weighted by atomic mass is 16.2. The number of anilines is 1. The smallest absolute Gasteiger partial charge is 0.222 e. The number of nitrogens with zero attached hydrogens (tertiary/aromatic N) is 1. The summed E-state index contributed by atoms with van der Waals surface area (Å²) in [6.07, 6.45) is 4.92. The Morgan fingerprint density at radius 3 is 3.00 bits per heavy atom. The van der Waals surface area contributed by atoms with E-state index in [0.29, 0.717) is 11.8 Å². The van der Waals surface area contributed by atoms with Crippen molar-refractivity contribution < 1.29 is 4.79 Å². The third-order valence-electron chi connectivity index (χ3n) is 3.94. The van der Waals surface area contributed by atoms with Crippen molar-refractivity contribution in [3.63, 3.8) is 0 Å². The summed E-state index contributed by atoms with van der Waals surface area (Å²) < 4.78 is 0. The first kappa shape index (κ1) is 13.9. The Balaban J connectivity index is 1.80. The van der Waals surface area contributed by atoms with E-state index < -0.39 is 0 Å². The zero-order valence-corrected chi connectivity index (χ0v) is 11.8. The lowest BCUT2D eigenvalue weighted by Gasteiger charge is -2.20. The fourth-order valence-corrected chi connectivity index (χ4v) is 2.63. The molecular formula is C16H24N2O. The van der Waals surface area contributed by atoms with E-state index in [4.69, 9.17) is 5.73 Å². The molecule has 1 aliphatic rings. The topological polar surface area (TPSA) is 46.3 Å². The first-order valence-corrected chi connectivity index (χ1v) is 7.27. The van der Waals surface area contributed by atoms with Crippen molar-refractivity contribution in [2.24, 2.45) is 5.92 Å². The van der Waals surface area contributed by atoms with Gasteiger partial charge in [-0.3, -0.25) is 4.79 Å². The predicted octanol–water partition coefficient (Wildman–Crippen LogP) is 2.85. The van der Waals surface area contributed by atoms with Gasteiger partial charge < -0.3 is 10.6 Å². The standard InChI is InChI=1S/C16H24N2O/c1-13-7-8-16(19)18(11-9-13)10-3-5-14-4-2-6-15(17)12-14/h2,4,6,12-13H,3,5,7-11,17H2,1H3. The zero-order valence-electron chi connectivity index (χ0n) is 11.8. The second-order valence-corrected chi connectivity index (χ2v) is 5.66. The van der Waals surface area contributed by atoms with Gasteiger partial charge in [0.25, 0.3) is 0 Å². The summed E-state index contributed by atoms with van der Waals surface area (Å²) in [5, 5.41) is 0. The molecule has 1 aromatic carbocycles. The van der Waals surface area contributed by atoms with E-state index >= 15 is 0 Å². The molecule has 0 aliphatic carbocycles. The Bertz CT molecular complexity index is 431. The molecule has 1 aromatic rings. The molecule has 0 radical (unpaired) electrons. The van der Waals surface area contributed by atoms with Gasteiger partial charge >= 0.3 is 0 Å². The number of rotatable bonds is 4. The monoisotopic (exact) mass is 260 g/mol. The Hall–Kier alpha value is -1.51. The number of amides is 1. The molecule has 2 N–H and O–H groups in total. The third-order valence-corrected chi connectivity index (χ3v) is 3.94. The van der Waals surface area contributed by atoms with Crippen molar-refractivity contribution in [1.82, 2.24) is 4.90 Å². The van der Waals surface area contributed by atoms with Crippen LogP contribution in [0.2, 0.25) is 0 Å². The van der Waals surface area contributed by atoms with E-state index in [1.54, 1.807) is 0 Å². The summed E-state index contributed by atoms with van der Waals surface area (Å²) in [7, 11) is 0. The first-order valence-electron chi connectivity index (χ1n) is 7.27. The van der Waals surface area contributed by atoms with Gasteiger partial charge in [-0.1, -0.05) is 19.1 Å². The molecule has 1 unspecified atom stereocenters. The van der Waals surface area contributed by atoms with Gasteiger partial charge in [-0.15, -0.1) is 0 Å². The summed E-state index contributed by atoms with van der Waals surface area (Å²) in [5.41, 5.74) is 7.84. The molecule has 1 saturated heterocycles. The van der Waals surface area contributed by atoms with Gasteiger partial charge in [0, 0.05) is 25.2 Å². The molecule has 1 atom stereocenters. The van der Waals surface area contributed by atoms with E-state index in [1.807, 2.05) is 23.1 Å². The molecule has 2 rings (SSSR count). The number of benzene rings is 1. The van der Waals surface area contributed by atoms with E-state index in [1.165, 1.54) is 5.56 Å². The highest BCUT2D eigenvalue weighted by Gasteiger charge is 2.19. The number of nitrogen functional groups attached to an aromatic ring is 1. The van der Waals surface area contributed by atoms with Crippen LogP contribution in [0.25, 0.3) is 0 Å². The van der Waals surface area contributed by atoms with Crippen molar-refractivity contribution in [3.8, 4) is 0 Å². The molecule has 0 aromatic heterocycles. The maximum atomic E-state index is 12.0. The SMILES string of the molecule is CC1CCC(=O)N(CCCc2cccc(N)c2)CC1. The van der Waals surface area contributed by atoms with Gasteiger partial charge in [-0.2, -0.15) is 0 Å². The van der Waals surface area contributed by atoms with Crippen molar-refractivity contribution in [1.29, 1.82) is 0 Å². The van der Waals surface area contributed by atoms with Crippen LogP contribution in [-0.2, 0) is 11.2 Å². The van der Waals surface area contributed by atoms with Crippen LogP contribution in [0.5, 0.6) is 0 Å². The quantitative estimate of drug-likeness (QED) is 0.846. The first-order chi connectivity index (χ1) is 9.15. The number of hydrogen-bond donors (Lipinski definition) is 1. The summed E-state index contributed by atoms with van der Waals surface area (Å²) in [6.45, 7) is 4.04. The average molecular weight is 260 g/mol. The lowest BCUT2D eigenvalue weighted by Crippen LogP contribution is -2.31. The van der Waals surface area contributed by atoms with Crippen LogP contribution in [0.3, 0.4) is 0 Å². The van der Waals surface area contributed by atoms with Crippen LogP contribution >= 0.6 is 0 Å². The van der Waals surface area contributed by atoms with Gasteiger partial charge in [0.15, 0.2) is 0 Å². The van der Waals surface area contributed by atoms with Crippen molar-refractivity contribution >= 4 is 11.6 Å². The van der Waals surface area contributed by atoms with Crippen LogP contribution in [0.4, 0.5) is 5.69 Å². The predicted molar refractivity (Wildman–Crippen MR) is 78.8 cm³/mol. The molecule has 104 valence electrons. The van der Waals surface area contributed by atoms with Crippen molar-refractivity contribution in [3.05, 3.63) is 29.8 Å². The third kappa shape index (κ3) is 4.27. The zero-order chi connectivity index (χ0) is 13.7. The Kier molecular flexibility index (Phi) is 4.83. The Labute approximate surface area is 115 Å². The van der Waals surface area contributed by atoms with Gasteiger partial charge in [-0.05, 0) is 49.3 Å². The summed E-state index contributed by atoms with van der Waals surface area (Å²) in [4.78, 5) is 14.0. The average Bonchev–Trinajstić information content (AvgIpc) is 2.54. The number of likely N-dealkylation sites (tertiary alicyclic amines) is 1. The molecule has 3 heteroatoms. The lowest BCUT2D eigenvalue weighted by atomic mass is 10.0. The maximum Gasteiger partial charge on any atom is 0.222 e. The van der Waals surface area contributed by atoms with E-state index in [0.717, 1.165) is 50.9 Å². The molecule has 0 saturated carbocycles. The maximum absolute atomic E-state index is 12.0. The molecule has 1 fully saturated rings. The molecule has 19 heavy (non-hydrogen) atoms. The van der Waals surface area contributed by atoms with Crippen LogP contribution in [-0.4, -0.2) is 23.9 Å². The minimum absolute atomic E-state index is 0.330. The largest absolute Gasteiger partial charge is 0.399 e. The van der Waals surface area contributed by atoms with E-state index in [9.17, 15) is 4.79 Å². The highest BCUT2D eigenvalue weighted by molar-refractivity contribution is 5.76. The van der Waals surface area contributed by atoms with Gasteiger partial charge in [0.1, 0.15) is 0 Å². The molecular weight excluding hydrogens is 236 g/mol. The minimum Gasteiger partial charge on any atom is -0.399 e. The molecule has 0 bridgehead atoms. The van der Waals surface area contributed by atoms with Gasteiger partial charge in [0.2, 0.25) is 5.91 Å². The molecule has 0 spiro atoms. The van der Waals surface area contributed by atoms with Crippen LogP contribution in [0.1, 0.15) is 38.2 Å². The fraction of sp³-hybridized carbons (Fsp3) is 0.562. The summed E-state index contributed by atoms with van der Waals surface area (Å²) in [6, 6.07) is 8.02. The van der Waals surface area contributed by atoms with Crippen LogP contribution < -0.4 is 5.73 Å². The fourth-order valence-electron chi connectivity index (χ4n) is 2.63. The summed E-state index contributed by atoms with van der Waals surface area (Å²) in [5.74, 6) is 1.01. The Morgan fingerprint density at radius 1 is 1.37 bits per heavy atom. The number of aryl methyl sites for hydroxylation is 1. The second-order valence-electron chi connectivity index (χ2n) is 5.66.